The van der Waals surface area contributed by atoms with E-state index in [4.69, 9.17) is 4.74 Å². The number of hydrogen-bond acceptors (Lipinski definition) is 9. The van der Waals surface area contributed by atoms with Crippen molar-refractivity contribution in [3.05, 3.63) is 11.1 Å². The molecule has 10 nitrogen and oxygen atoms in total. The highest BCUT2D eigenvalue weighted by atomic mass is 16.7. The number of nitrogens with two attached hydrogens (primary N) is 1. The highest BCUT2D eigenvalue weighted by molar-refractivity contribution is 5.93. The fourth-order valence-corrected chi connectivity index (χ4v) is 1.21. The minimum Gasteiger partial charge on any atom is -0.465 e. The molecule has 1 aliphatic rings. The van der Waals surface area contributed by atoms with Crippen molar-refractivity contribution >= 4 is 17.5 Å². The van der Waals surface area contributed by atoms with Crippen molar-refractivity contribution in [3.63, 3.8) is 0 Å². The Morgan fingerprint density at radius 3 is 3.16 bits per heavy atom. The van der Waals surface area contributed by atoms with Gasteiger partial charge in [-0.15, -0.1) is 4.91 Å². The summed E-state index contributed by atoms with van der Waals surface area (Å²) in [5.74, 6) is 0.697. The van der Waals surface area contributed by atoms with E-state index in [1.54, 1.807) is 0 Å². The van der Waals surface area contributed by atoms with Gasteiger partial charge in [0.25, 0.3) is 11.8 Å². The minimum absolute atomic E-state index is 0.0622. The molecule has 0 spiro atoms. The highest BCUT2D eigenvalue weighted by Gasteiger charge is 2.18. The lowest BCUT2D eigenvalue weighted by Gasteiger charge is -2.16. The summed E-state index contributed by atoms with van der Waals surface area (Å²) in [5.41, 5.74) is 4.50. The zero-order valence-corrected chi connectivity index (χ0v) is 10.3. The van der Waals surface area contributed by atoms with E-state index in [1.807, 2.05) is 0 Å². The van der Waals surface area contributed by atoms with Crippen molar-refractivity contribution in [3.8, 4) is 5.88 Å². The predicted molar refractivity (Wildman–Crippen MR) is 66.5 cm³/mol. The molecule has 0 atom stereocenters. The van der Waals surface area contributed by atoms with Gasteiger partial charge in [0.2, 0.25) is 0 Å². The van der Waals surface area contributed by atoms with Gasteiger partial charge in [0.1, 0.15) is 12.4 Å². The Hall–Kier alpha value is -2.49. The van der Waals surface area contributed by atoms with Gasteiger partial charge in [-0.25, -0.2) is 9.97 Å². The molecule has 0 fully saturated rings. The summed E-state index contributed by atoms with van der Waals surface area (Å²) >= 11 is 0. The predicted octanol–water partition coefficient (Wildman–Crippen LogP) is -0.508. The van der Waals surface area contributed by atoms with E-state index in [0.29, 0.717) is 12.4 Å². The van der Waals surface area contributed by atoms with E-state index < -0.39 is 0 Å². The van der Waals surface area contributed by atoms with Crippen LogP contribution in [0.4, 0.5) is 11.6 Å². The summed E-state index contributed by atoms with van der Waals surface area (Å²) < 4.78 is 5.04. The number of anilines is 2. The maximum Gasteiger partial charge on any atom is 0.263 e. The first-order valence-electron chi connectivity index (χ1n) is 5.35. The van der Waals surface area contributed by atoms with E-state index >= 15 is 0 Å². The van der Waals surface area contributed by atoms with Gasteiger partial charge in [-0.2, -0.15) is 0 Å². The monoisotopic (exact) mass is 270 g/mol. The van der Waals surface area contributed by atoms with Crippen LogP contribution < -0.4 is 21.1 Å². The van der Waals surface area contributed by atoms with Crippen LogP contribution in [0.15, 0.2) is 11.5 Å². The number of nitrogens with zero attached hydrogens (tertiary/aromatic N) is 3. The highest BCUT2D eigenvalue weighted by Crippen LogP contribution is 2.23. The molecule has 104 valence electrons. The number of hydrogen-bond donors (Lipinski definition) is 3. The van der Waals surface area contributed by atoms with Crippen molar-refractivity contribution in [2.45, 2.75) is 0 Å². The maximum atomic E-state index is 11.0. The first-order valence-corrected chi connectivity index (χ1v) is 5.35. The Kier molecular flexibility index (Phi) is 5.95. The molecule has 10 heteroatoms. The molecule has 1 aromatic rings. The van der Waals surface area contributed by atoms with Crippen LogP contribution in [0.5, 0.6) is 5.88 Å². The van der Waals surface area contributed by atoms with Gasteiger partial charge < -0.3 is 25.9 Å². The SMILES string of the molecule is CN.O=NOCCNc1cnc2c(n1)NC(=O)CO2. The van der Waals surface area contributed by atoms with Crippen LogP contribution in [-0.4, -0.2) is 42.7 Å². The first-order chi connectivity index (χ1) is 9.29. The molecule has 4 N–H and O–H groups in total. The number of rotatable bonds is 5. The third-order valence-corrected chi connectivity index (χ3v) is 1.89. The molecule has 0 unspecified atom stereocenters. The number of ether oxygens (including phenoxy) is 1. The van der Waals surface area contributed by atoms with Crippen molar-refractivity contribution in [2.24, 2.45) is 11.1 Å². The first kappa shape index (κ1) is 14.6. The Bertz CT molecular complexity index is 441. The lowest BCUT2D eigenvalue weighted by atomic mass is 10.5. The number of amides is 1. The summed E-state index contributed by atoms with van der Waals surface area (Å²) in [5, 5.41) is 7.61. The molecule has 0 bridgehead atoms. The van der Waals surface area contributed by atoms with Crippen LogP contribution in [0.3, 0.4) is 0 Å². The van der Waals surface area contributed by atoms with E-state index in [0.717, 1.165) is 0 Å². The Labute approximate surface area is 108 Å². The van der Waals surface area contributed by atoms with Crippen molar-refractivity contribution < 1.29 is 14.4 Å². The molecule has 0 saturated carbocycles. The van der Waals surface area contributed by atoms with E-state index in [9.17, 15) is 9.70 Å². The molecular weight excluding hydrogens is 256 g/mol. The van der Waals surface area contributed by atoms with Crippen molar-refractivity contribution in [2.75, 3.05) is 37.4 Å². The van der Waals surface area contributed by atoms with Gasteiger partial charge in [-0.05, 0) is 7.05 Å². The van der Waals surface area contributed by atoms with Gasteiger partial charge in [0, 0.05) is 0 Å². The van der Waals surface area contributed by atoms with E-state index in [-0.39, 0.29) is 30.8 Å². The van der Waals surface area contributed by atoms with Crippen LogP contribution in [0.25, 0.3) is 0 Å². The summed E-state index contributed by atoms with van der Waals surface area (Å²) in [6.07, 6.45) is 1.45. The third-order valence-electron chi connectivity index (χ3n) is 1.89. The zero-order chi connectivity index (χ0) is 14.1. The van der Waals surface area contributed by atoms with Crippen LogP contribution in [-0.2, 0) is 9.63 Å². The summed E-state index contributed by atoms with van der Waals surface area (Å²) in [6, 6.07) is 0. The lowest BCUT2D eigenvalue weighted by Crippen LogP contribution is -2.27. The fourth-order valence-electron chi connectivity index (χ4n) is 1.21. The van der Waals surface area contributed by atoms with Gasteiger partial charge in [-0.3, -0.25) is 4.79 Å². The fraction of sp³-hybridized carbons (Fsp3) is 0.444. The van der Waals surface area contributed by atoms with E-state index in [2.05, 4.69) is 36.5 Å². The van der Waals surface area contributed by atoms with Gasteiger partial charge in [0.15, 0.2) is 17.8 Å². The van der Waals surface area contributed by atoms with Crippen LogP contribution in [0.1, 0.15) is 0 Å². The van der Waals surface area contributed by atoms with Crippen molar-refractivity contribution in [1.82, 2.24) is 9.97 Å². The summed E-state index contributed by atoms with van der Waals surface area (Å²) in [6.45, 7) is 0.395. The summed E-state index contributed by atoms with van der Waals surface area (Å²) in [4.78, 5) is 33.0. The average Bonchev–Trinajstić information content (AvgIpc) is 2.45. The Morgan fingerprint density at radius 2 is 2.42 bits per heavy atom. The second-order valence-electron chi connectivity index (χ2n) is 3.08. The molecule has 2 heterocycles. The zero-order valence-electron chi connectivity index (χ0n) is 10.3. The standard InChI is InChI=1S/C8H9N5O4.CH5N/c14-6-4-16-8-7(12-6)11-5(3-10-8)9-1-2-17-13-15;1-2/h3H,1-2,4H2,(H2,9,11,12,14);2H2,1H3. The van der Waals surface area contributed by atoms with Crippen LogP contribution in [0.2, 0.25) is 0 Å². The maximum absolute atomic E-state index is 11.0. The molecule has 0 radical (unpaired) electrons. The number of nitrogens with one attached hydrogen (secondary N) is 2. The molecule has 0 aromatic carbocycles. The second kappa shape index (κ2) is 7.76. The quantitative estimate of drug-likeness (QED) is 0.369. The number of aromatic nitrogens is 2. The summed E-state index contributed by atoms with van der Waals surface area (Å²) in [7, 11) is 1.50. The number of fused-ring (bicyclic) bond motifs is 1. The van der Waals surface area contributed by atoms with Crippen LogP contribution >= 0.6 is 0 Å². The Balaban J connectivity index is 0.000000861. The normalized spacial score (nSPS) is 12.0. The van der Waals surface area contributed by atoms with Gasteiger partial charge in [-0.1, -0.05) is 0 Å². The molecule has 19 heavy (non-hydrogen) atoms. The average molecular weight is 270 g/mol. The van der Waals surface area contributed by atoms with Crippen LogP contribution in [0, 0.1) is 4.91 Å². The van der Waals surface area contributed by atoms with Gasteiger partial charge in [0.05, 0.1) is 12.7 Å². The molecule has 0 aliphatic carbocycles. The topological polar surface area (TPSA) is 141 Å². The van der Waals surface area contributed by atoms with E-state index in [1.165, 1.54) is 13.2 Å². The Morgan fingerprint density at radius 1 is 1.63 bits per heavy atom. The molecule has 1 aromatic heterocycles. The molecule has 1 aliphatic heterocycles. The third kappa shape index (κ3) is 4.35. The number of carbonyl (C=O) groups excluding carboxylic acids is 1. The molecule has 2 rings (SSSR count). The smallest absolute Gasteiger partial charge is 0.263 e. The van der Waals surface area contributed by atoms with Gasteiger partial charge >= 0.3 is 0 Å². The van der Waals surface area contributed by atoms with Crippen molar-refractivity contribution in [1.29, 1.82) is 0 Å². The minimum atomic E-state index is -0.280. The number of carbonyl (C=O) groups is 1. The molecule has 1 amide bonds. The lowest BCUT2D eigenvalue weighted by molar-refractivity contribution is -0.118. The largest absolute Gasteiger partial charge is 0.465 e. The second-order valence-corrected chi connectivity index (χ2v) is 3.08. The molecular formula is C9H14N6O4. The molecule has 0 saturated heterocycles.